The van der Waals surface area contributed by atoms with Crippen LogP contribution in [0.4, 0.5) is 0 Å². The molecule has 2 aliphatic rings. The van der Waals surface area contributed by atoms with Crippen molar-refractivity contribution >= 4 is 40.1 Å². The normalized spacial score (nSPS) is 20.3. The Labute approximate surface area is 226 Å². The van der Waals surface area contributed by atoms with Gasteiger partial charge in [0.1, 0.15) is 11.8 Å². The van der Waals surface area contributed by atoms with E-state index in [2.05, 4.69) is 39.6 Å². The second-order valence-corrected chi connectivity index (χ2v) is 10.6. The van der Waals surface area contributed by atoms with E-state index in [0.717, 1.165) is 37.9 Å². The molecular weight excluding hydrogens is 500 g/mol. The number of hydrogen-bond donors (Lipinski definition) is 5. The number of hydrogen-bond acceptors (Lipinski definition) is 7. The summed E-state index contributed by atoms with van der Waals surface area (Å²) >= 11 is 1.62. The summed E-state index contributed by atoms with van der Waals surface area (Å²) < 4.78 is 9.69. The predicted octanol–water partition coefficient (Wildman–Crippen LogP) is 2.37. The molecule has 6 N–H and O–H groups in total. The molecule has 0 radical (unpaired) electrons. The van der Waals surface area contributed by atoms with E-state index in [1.165, 1.54) is 0 Å². The van der Waals surface area contributed by atoms with Crippen LogP contribution in [0.1, 0.15) is 23.6 Å². The Morgan fingerprint density at radius 2 is 2.03 bits per heavy atom. The zero-order chi connectivity index (χ0) is 26.6. The molecule has 0 aliphatic carbocycles. The van der Waals surface area contributed by atoms with Gasteiger partial charge in [0.15, 0.2) is 0 Å². The number of ether oxygens (including phenoxy) is 1. The third kappa shape index (κ3) is 5.56. The SMILES string of the molecule is CC1COc2cc(cc3cccc(C4=CCNSc5ccccc54)c23)CC(C(=O)NC[C@H](O)CN)NC1=O. The van der Waals surface area contributed by atoms with E-state index >= 15 is 0 Å². The number of aliphatic hydroxyl groups is 1. The van der Waals surface area contributed by atoms with Gasteiger partial charge in [-0.25, -0.2) is 0 Å². The van der Waals surface area contributed by atoms with Crippen molar-refractivity contribution in [2.24, 2.45) is 11.7 Å². The molecule has 0 spiro atoms. The Morgan fingerprint density at radius 1 is 1.21 bits per heavy atom. The maximum atomic E-state index is 13.0. The van der Waals surface area contributed by atoms with Crippen molar-refractivity contribution in [1.29, 1.82) is 0 Å². The lowest BCUT2D eigenvalue weighted by molar-refractivity contribution is -0.131. The maximum absolute atomic E-state index is 13.0. The van der Waals surface area contributed by atoms with Gasteiger partial charge in [0, 0.05) is 36.3 Å². The van der Waals surface area contributed by atoms with Gasteiger partial charge >= 0.3 is 0 Å². The summed E-state index contributed by atoms with van der Waals surface area (Å²) in [6.45, 7) is 2.73. The van der Waals surface area contributed by atoms with Gasteiger partial charge in [-0.1, -0.05) is 55.5 Å². The van der Waals surface area contributed by atoms with E-state index in [-0.39, 0.29) is 37.9 Å². The van der Waals surface area contributed by atoms with Crippen LogP contribution in [0.3, 0.4) is 0 Å². The molecule has 0 fully saturated rings. The van der Waals surface area contributed by atoms with E-state index in [4.69, 9.17) is 10.5 Å². The molecule has 3 aromatic rings. The highest BCUT2D eigenvalue weighted by atomic mass is 32.2. The van der Waals surface area contributed by atoms with Gasteiger partial charge in [0.2, 0.25) is 11.8 Å². The highest BCUT2D eigenvalue weighted by molar-refractivity contribution is 7.97. The number of rotatable bonds is 5. The number of fused-ring (bicyclic) bond motifs is 5. The first kappa shape index (κ1) is 26.2. The molecule has 5 rings (SSSR count). The van der Waals surface area contributed by atoms with E-state index in [9.17, 15) is 14.7 Å². The van der Waals surface area contributed by atoms with Gasteiger partial charge in [0.05, 0.1) is 18.6 Å². The standard InChI is InChI=1S/C29H32N4O4S/c1-17-16-37-25-13-18(12-24(33-28(17)35)29(36)31-15-20(34)14-30)11-19-5-4-7-23(27(19)25)21-9-10-32-38-26-8-3-2-6-22(21)26/h2-9,11,13,17,20,24,32,34H,10,12,14-16,30H2,1H3,(H,31,36)(H,33,35)/t17?,20-,24?/m1/s1. The molecule has 3 atom stereocenters. The predicted molar refractivity (Wildman–Crippen MR) is 150 cm³/mol. The fourth-order valence-electron chi connectivity index (χ4n) is 4.78. The van der Waals surface area contributed by atoms with Crippen LogP contribution in [0.25, 0.3) is 16.3 Å². The van der Waals surface area contributed by atoms with E-state index in [1.54, 1.807) is 18.9 Å². The molecule has 0 aromatic heterocycles. The average Bonchev–Trinajstić information content (AvgIpc) is 3.15. The molecule has 198 valence electrons. The summed E-state index contributed by atoms with van der Waals surface area (Å²) in [5, 5.41) is 17.3. The zero-order valence-electron chi connectivity index (χ0n) is 21.2. The quantitative estimate of drug-likeness (QED) is 0.320. The minimum Gasteiger partial charge on any atom is -0.492 e. The monoisotopic (exact) mass is 532 g/mol. The Kier molecular flexibility index (Phi) is 7.99. The number of carbonyl (C=O) groups is 2. The van der Waals surface area contributed by atoms with Gasteiger partial charge in [-0.2, -0.15) is 0 Å². The summed E-state index contributed by atoms with van der Waals surface area (Å²) in [7, 11) is 0. The third-order valence-electron chi connectivity index (χ3n) is 6.83. The molecule has 2 aliphatic heterocycles. The highest BCUT2D eigenvalue weighted by Crippen LogP contribution is 2.40. The van der Waals surface area contributed by atoms with Crippen LogP contribution in [-0.2, 0) is 16.0 Å². The summed E-state index contributed by atoms with van der Waals surface area (Å²) in [5.74, 6) is -0.402. The Balaban J connectivity index is 1.58. The van der Waals surface area contributed by atoms with Crippen LogP contribution in [-0.4, -0.2) is 55.3 Å². The topological polar surface area (TPSA) is 126 Å². The van der Waals surface area contributed by atoms with Crippen LogP contribution < -0.4 is 25.8 Å². The van der Waals surface area contributed by atoms with Crippen molar-refractivity contribution < 1.29 is 19.4 Å². The largest absolute Gasteiger partial charge is 0.492 e. The molecule has 2 amide bonds. The maximum Gasteiger partial charge on any atom is 0.243 e. The molecular formula is C29H32N4O4S. The van der Waals surface area contributed by atoms with Gasteiger partial charge in [-0.3, -0.25) is 14.3 Å². The average molecular weight is 533 g/mol. The van der Waals surface area contributed by atoms with Gasteiger partial charge < -0.3 is 26.2 Å². The molecule has 0 saturated carbocycles. The number of carbonyl (C=O) groups excluding carboxylic acids is 2. The number of benzene rings is 3. The Morgan fingerprint density at radius 3 is 2.87 bits per heavy atom. The summed E-state index contributed by atoms with van der Waals surface area (Å²) in [6.07, 6.45) is 1.64. The first-order chi connectivity index (χ1) is 18.4. The van der Waals surface area contributed by atoms with Crippen molar-refractivity contribution in [2.45, 2.75) is 30.4 Å². The smallest absolute Gasteiger partial charge is 0.243 e. The second kappa shape index (κ2) is 11.6. The lowest BCUT2D eigenvalue weighted by Crippen LogP contribution is -2.51. The lowest BCUT2D eigenvalue weighted by Gasteiger charge is -2.25. The fourth-order valence-corrected chi connectivity index (χ4v) is 5.54. The van der Waals surface area contributed by atoms with E-state index < -0.39 is 18.1 Å². The molecule has 0 saturated heterocycles. The van der Waals surface area contributed by atoms with E-state index in [0.29, 0.717) is 12.3 Å². The Hall–Kier alpha value is -3.37. The van der Waals surface area contributed by atoms with Gasteiger partial charge in [-0.15, -0.1) is 0 Å². The lowest BCUT2D eigenvalue weighted by atomic mass is 9.90. The summed E-state index contributed by atoms with van der Waals surface area (Å²) in [6, 6.07) is 17.7. The molecule has 8 nitrogen and oxygen atoms in total. The zero-order valence-corrected chi connectivity index (χ0v) is 22.0. The highest BCUT2D eigenvalue weighted by Gasteiger charge is 2.27. The number of amides is 2. The van der Waals surface area contributed by atoms with Crippen LogP contribution in [0.2, 0.25) is 0 Å². The van der Waals surface area contributed by atoms with Crippen molar-refractivity contribution in [2.75, 3.05) is 26.2 Å². The van der Waals surface area contributed by atoms with Crippen molar-refractivity contribution in [3.63, 3.8) is 0 Å². The molecule has 9 heteroatoms. The number of aliphatic hydroxyl groups excluding tert-OH is 1. The first-order valence-corrected chi connectivity index (χ1v) is 13.6. The van der Waals surface area contributed by atoms with Gasteiger partial charge in [-0.05, 0) is 51.7 Å². The van der Waals surface area contributed by atoms with Crippen molar-refractivity contribution in [3.05, 3.63) is 77.4 Å². The Bertz CT molecular complexity index is 1390. The van der Waals surface area contributed by atoms with Crippen LogP contribution in [0.5, 0.6) is 5.75 Å². The number of nitrogens with two attached hydrogens (primary N) is 1. The molecule has 2 heterocycles. The second-order valence-electron chi connectivity index (χ2n) is 9.67. The van der Waals surface area contributed by atoms with Crippen molar-refractivity contribution in [3.8, 4) is 5.75 Å². The molecule has 38 heavy (non-hydrogen) atoms. The minimum atomic E-state index is -0.843. The molecule has 3 aromatic carbocycles. The number of nitrogens with one attached hydrogen (secondary N) is 3. The minimum absolute atomic E-state index is 0.0242. The van der Waals surface area contributed by atoms with Gasteiger partial charge in [0.25, 0.3) is 0 Å². The van der Waals surface area contributed by atoms with Crippen LogP contribution >= 0.6 is 11.9 Å². The van der Waals surface area contributed by atoms with Crippen LogP contribution in [0.15, 0.2) is 65.6 Å². The summed E-state index contributed by atoms with van der Waals surface area (Å²) in [5.41, 5.74) is 9.65. The fraction of sp³-hybridized carbons (Fsp3) is 0.310. The molecule has 2 unspecified atom stereocenters. The summed E-state index contributed by atoms with van der Waals surface area (Å²) in [4.78, 5) is 27.0. The van der Waals surface area contributed by atoms with E-state index in [1.807, 2.05) is 36.4 Å². The first-order valence-electron chi connectivity index (χ1n) is 12.8. The molecule has 2 bridgehead atoms. The van der Waals surface area contributed by atoms with Crippen LogP contribution in [0, 0.1) is 5.92 Å². The van der Waals surface area contributed by atoms with Crippen molar-refractivity contribution in [1.82, 2.24) is 15.4 Å². The third-order valence-corrected chi connectivity index (χ3v) is 7.72.